The van der Waals surface area contributed by atoms with Gasteiger partial charge in [-0.05, 0) is 66.1 Å². The predicted molar refractivity (Wildman–Crippen MR) is 134 cm³/mol. The summed E-state index contributed by atoms with van der Waals surface area (Å²) in [6.45, 7) is 0. The van der Waals surface area contributed by atoms with E-state index in [9.17, 15) is 22.4 Å². The van der Waals surface area contributed by atoms with E-state index in [4.69, 9.17) is 4.98 Å². The Kier molecular flexibility index (Phi) is 6.48. The molecular weight excluding hydrogens is 482 g/mol. The summed E-state index contributed by atoms with van der Waals surface area (Å²) in [4.78, 5) is 17.4. The molecule has 0 atom stereocenters. The van der Waals surface area contributed by atoms with Crippen molar-refractivity contribution in [2.45, 2.75) is 19.0 Å². The molecule has 37 heavy (non-hydrogen) atoms. The van der Waals surface area contributed by atoms with E-state index in [1.54, 1.807) is 24.4 Å². The number of hydrogen-bond acceptors (Lipinski definition) is 2. The summed E-state index contributed by atoms with van der Waals surface area (Å²) < 4.78 is 54.8. The molecule has 0 saturated carbocycles. The SMILES string of the molecule is O=C(CCc1c(-c2ccccc2)nc2ccc(-c3cccc(C(F)(F)F)c3)cn12)Nc1ccc(F)cc1. The zero-order valence-corrected chi connectivity index (χ0v) is 19.5. The molecule has 3 aromatic carbocycles. The minimum Gasteiger partial charge on any atom is -0.326 e. The maximum atomic E-state index is 13.3. The number of carbonyl (C=O) groups excluding carboxylic acids is 1. The molecule has 0 fully saturated rings. The van der Waals surface area contributed by atoms with E-state index in [0.29, 0.717) is 34.6 Å². The van der Waals surface area contributed by atoms with Crippen LogP contribution in [-0.4, -0.2) is 15.3 Å². The van der Waals surface area contributed by atoms with Crippen molar-refractivity contribution in [3.63, 3.8) is 0 Å². The zero-order chi connectivity index (χ0) is 26.0. The minimum absolute atomic E-state index is 0.124. The van der Waals surface area contributed by atoms with Gasteiger partial charge in [0.25, 0.3) is 0 Å². The highest BCUT2D eigenvalue weighted by Crippen LogP contribution is 2.33. The van der Waals surface area contributed by atoms with E-state index < -0.39 is 17.6 Å². The summed E-state index contributed by atoms with van der Waals surface area (Å²) in [5, 5.41) is 2.75. The number of alkyl halides is 3. The fourth-order valence-electron chi connectivity index (χ4n) is 4.19. The van der Waals surface area contributed by atoms with Crippen LogP contribution in [0.4, 0.5) is 23.2 Å². The van der Waals surface area contributed by atoms with Gasteiger partial charge in [0, 0.05) is 23.9 Å². The second-order valence-corrected chi connectivity index (χ2v) is 8.55. The highest BCUT2D eigenvalue weighted by molar-refractivity contribution is 5.91. The second-order valence-electron chi connectivity index (χ2n) is 8.55. The van der Waals surface area contributed by atoms with Crippen LogP contribution >= 0.6 is 0 Å². The minimum atomic E-state index is -4.45. The summed E-state index contributed by atoms with van der Waals surface area (Å²) in [6.07, 6.45) is -2.25. The first kappa shape index (κ1) is 24.2. The lowest BCUT2D eigenvalue weighted by atomic mass is 10.0. The molecule has 1 amide bonds. The third-order valence-corrected chi connectivity index (χ3v) is 6.00. The van der Waals surface area contributed by atoms with Crippen molar-refractivity contribution in [2.24, 2.45) is 0 Å². The number of carbonyl (C=O) groups is 1. The molecule has 5 aromatic rings. The Morgan fingerprint density at radius 1 is 0.838 bits per heavy atom. The van der Waals surface area contributed by atoms with Crippen molar-refractivity contribution in [2.75, 3.05) is 5.32 Å². The number of amides is 1. The molecule has 0 spiro atoms. The standard InChI is InChI=1S/C29H21F4N3O/c30-23-10-12-24(13-11-23)34-27(37)16-14-25-28(19-5-2-1-3-6-19)35-26-15-9-21(18-36(25)26)20-7-4-8-22(17-20)29(31,32)33/h1-13,15,17-18H,14,16H2,(H,34,37). The Bertz CT molecular complexity index is 1560. The molecule has 5 rings (SSSR count). The number of rotatable bonds is 6. The Labute approximate surface area is 210 Å². The van der Waals surface area contributed by atoms with E-state index in [1.807, 2.05) is 34.7 Å². The topological polar surface area (TPSA) is 46.4 Å². The van der Waals surface area contributed by atoms with Crippen molar-refractivity contribution in [1.29, 1.82) is 0 Å². The normalized spacial score (nSPS) is 11.6. The zero-order valence-electron chi connectivity index (χ0n) is 19.5. The van der Waals surface area contributed by atoms with Crippen LogP contribution in [0.1, 0.15) is 17.7 Å². The molecule has 2 heterocycles. The Balaban J connectivity index is 1.51. The van der Waals surface area contributed by atoms with E-state index in [2.05, 4.69) is 5.32 Å². The lowest BCUT2D eigenvalue weighted by molar-refractivity contribution is -0.137. The molecule has 0 aliphatic rings. The van der Waals surface area contributed by atoms with Crippen LogP contribution in [0.5, 0.6) is 0 Å². The van der Waals surface area contributed by atoms with Gasteiger partial charge >= 0.3 is 6.18 Å². The molecule has 186 valence electrons. The molecule has 2 aromatic heterocycles. The third kappa shape index (κ3) is 5.38. The Morgan fingerprint density at radius 2 is 1.57 bits per heavy atom. The first-order chi connectivity index (χ1) is 17.8. The van der Waals surface area contributed by atoms with Crippen molar-refractivity contribution < 1.29 is 22.4 Å². The van der Waals surface area contributed by atoms with Crippen molar-refractivity contribution in [3.8, 4) is 22.4 Å². The highest BCUT2D eigenvalue weighted by atomic mass is 19.4. The molecule has 0 unspecified atom stereocenters. The average molecular weight is 503 g/mol. The maximum Gasteiger partial charge on any atom is 0.416 e. The van der Waals surface area contributed by atoms with Crippen LogP contribution in [0.15, 0.2) is 97.2 Å². The van der Waals surface area contributed by atoms with Crippen LogP contribution in [0.3, 0.4) is 0 Å². The number of pyridine rings is 1. The molecule has 4 nitrogen and oxygen atoms in total. The summed E-state index contributed by atoms with van der Waals surface area (Å²) >= 11 is 0. The lowest BCUT2D eigenvalue weighted by Crippen LogP contribution is -2.13. The monoisotopic (exact) mass is 503 g/mol. The van der Waals surface area contributed by atoms with Gasteiger partial charge in [0.15, 0.2) is 0 Å². The van der Waals surface area contributed by atoms with Gasteiger partial charge in [0.2, 0.25) is 5.91 Å². The number of nitrogens with zero attached hydrogens (tertiary/aromatic N) is 2. The first-order valence-corrected chi connectivity index (χ1v) is 11.6. The van der Waals surface area contributed by atoms with Crippen molar-refractivity contribution >= 4 is 17.2 Å². The molecule has 0 saturated heterocycles. The number of fused-ring (bicyclic) bond motifs is 1. The third-order valence-electron chi connectivity index (χ3n) is 6.00. The van der Waals surface area contributed by atoms with Gasteiger partial charge in [0.05, 0.1) is 17.0 Å². The number of halogens is 4. The van der Waals surface area contributed by atoms with Crippen LogP contribution in [0, 0.1) is 5.82 Å². The summed E-state index contributed by atoms with van der Waals surface area (Å²) in [7, 11) is 0. The maximum absolute atomic E-state index is 13.3. The van der Waals surface area contributed by atoms with Gasteiger partial charge in [0.1, 0.15) is 11.5 Å². The van der Waals surface area contributed by atoms with Crippen molar-refractivity contribution in [1.82, 2.24) is 9.38 Å². The van der Waals surface area contributed by atoms with E-state index in [-0.39, 0.29) is 12.3 Å². The van der Waals surface area contributed by atoms with Gasteiger partial charge in [-0.2, -0.15) is 13.2 Å². The Morgan fingerprint density at radius 3 is 2.30 bits per heavy atom. The van der Waals surface area contributed by atoms with Crippen LogP contribution in [-0.2, 0) is 17.4 Å². The molecule has 0 radical (unpaired) electrons. The molecular formula is C29H21F4N3O. The lowest BCUT2D eigenvalue weighted by Gasteiger charge is -2.10. The fourth-order valence-corrected chi connectivity index (χ4v) is 4.19. The second kappa shape index (κ2) is 9.89. The Hall–Kier alpha value is -4.46. The molecule has 0 aliphatic heterocycles. The largest absolute Gasteiger partial charge is 0.416 e. The van der Waals surface area contributed by atoms with E-state index in [1.165, 1.54) is 30.3 Å². The quantitative estimate of drug-likeness (QED) is 0.246. The number of hydrogen-bond donors (Lipinski definition) is 1. The molecule has 8 heteroatoms. The predicted octanol–water partition coefficient (Wildman–Crippen LogP) is 7.40. The van der Waals surface area contributed by atoms with Gasteiger partial charge in [-0.25, -0.2) is 9.37 Å². The van der Waals surface area contributed by atoms with Crippen LogP contribution in [0.2, 0.25) is 0 Å². The number of aromatic nitrogens is 2. The first-order valence-electron chi connectivity index (χ1n) is 11.6. The van der Waals surface area contributed by atoms with Crippen LogP contribution in [0.25, 0.3) is 28.0 Å². The molecule has 1 N–H and O–H groups in total. The van der Waals surface area contributed by atoms with Gasteiger partial charge in [-0.3, -0.25) is 4.79 Å². The summed E-state index contributed by atoms with van der Waals surface area (Å²) in [5.74, 6) is -0.651. The number of nitrogens with one attached hydrogen (secondary N) is 1. The van der Waals surface area contributed by atoms with Crippen molar-refractivity contribution in [3.05, 3.63) is 114 Å². The fraction of sp³-hybridized carbons (Fsp3) is 0.103. The highest BCUT2D eigenvalue weighted by Gasteiger charge is 2.30. The van der Waals surface area contributed by atoms with Crippen LogP contribution < -0.4 is 5.32 Å². The number of aryl methyl sites for hydroxylation is 1. The molecule has 0 aliphatic carbocycles. The summed E-state index contributed by atoms with van der Waals surface area (Å²) in [6, 6.07) is 23.6. The summed E-state index contributed by atoms with van der Waals surface area (Å²) in [5.41, 5.74) is 3.70. The smallest absolute Gasteiger partial charge is 0.326 e. The average Bonchev–Trinajstić information content (AvgIpc) is 3.27. The molecule has 0 bridgehead atoms. The van der Waals surface area contributed by atoms with Gasteiger partial charge < -0.3 is 9.72 Å². The van der Waals surface area contributed by atoms with E-state index in [0.717, 1.165) is 23.4 Å². The van der Waals surface area contributed by atoms with Gasteiger partial charge in [-0.15, -0.1) is 0 Å². The van der Waals surface area contributed by atoms with Gasteiger partial charge in [-0.1, -0.05) is 42.5 Å². The van der Waals surface area contributed by atoms with E-state index >= 15 is 0 Å². The number of benzene rings is 3. The number of anilines is 1. The number of imidazole rings is 1.